The molecule has 1 aliphatic carbocycles. The highest BCUT2D eigenvalue weighted by Crippen LogP contribution is 2.36. The first-order chi connectivity index (χ1) is 24.9. The molecule has 51 heavy (non-hydrogen) atoms. The summed E-state index contributed by atoms with van der Waals surface area (Å²) in [7, 11) is 1.35. The van der Waals surface area contributed by atoms with Gasteiger partial charge < -0.3 is 14.5 Å². The molecule has 2 aromatic rings. The van der Waals surface area contributed by atoms with Crippen LogP contribution in [0.15, 0.2) is 131 Å². The lowest BCUT2D eigenvalue weighted by Gasteiger charge is -2.36. The molecule has 10 nitrogen and oxygen atoms in total. The normalized spacial score (nSPS) is 16.5. The van der Waals surface area contributed by atoms with Crippen molar-refractivity contribution in [2.24, 2.45) is 5.92 Å². The molecule has 0 aromatic heterocycles. The second-order valence-electron chi connectivity index (χ2n) is 11.2. The molecule has 1 saturated heterocycles. The molecule has 1 amide bonds. The fraction of sp³-hybridized carbons (Fsp3) is 0.195. The third kappa shape index (κ3) is 8.76. The monoisotopic (exact) mass is 668 g/mol. The zero-order chi connectivity index (χ0) is 36.6. The summed E-state index contributed by atoms with van der Waals surface area (Å²) >= 11 is 0. The van der Waals surface area contributed by atoms with Gasteiger partial charge in [0.2, 0.25) is 0 Å². The van der Waals surface area contributed by atoms with Gasteiger partial charge in [-0.2, -0.15) is 21.0 Å². The van der Waals surface area contributed by atoms with E-state index in [1.807, 2.05) is 42.5 Å². The molecule has 4 rings (SSSR count). The summed E-state index contributed by atoms with van der Waals surface area (Å²) in [6.07, 6.45) is 11.5. The number of hydrogen-bond donors (Lipinski definition) is 0. The largest absolute Gasteiger partial charge is 0.453 e. The van der Waals surface area contributed by atoms with Crippen molar-refractivity contribution in [3.63, 3.8) is 0 Å². The van der Waals surface area contributed by atoms with Crippen LogP contribution in [-0.2, 0) is 4.74 Å². The van der Waals surface area contributed by atoms with Crippen LogP contribution in [-0.4, -0.2) is 49.2 Å². The number of hydrogen-bond acceptors (Lipinski definition) is 8. The third-order valence-electron chi connectivity index (χ3n) is 8.37. The van der Waals surface area contributed by atoms with E-state index in [4.69, 9.17) is 11.3 Å². The molecule has 0 bridgehead atoms. The number of allylic oxidation sites excluding steroid dienone is 13. The van der Waals surface area contributed by atoms with Crippen LogP contribution in [0.5, 0.6) is 0 Å². The predicted molar refractivity (Wildman–Crippen MR) is 191 cm³/mol. The Labute approximate surface area is 298 Å². The summed E-state index contributed by atoms with van der Waals surface area (Å²) < 4.78 is 4.91. The van der Waals surface area contributed by atoms with Gasteiger partial charge in [-0.1, -0.05) is 85.0 Å². The van der Waals surface area contributed by atoms with Gasteiger partial charge in [0.25, 0.3) is 5.70 Å². The minimum absolute atomic E-state index is 0.175. The van der Waals surface area contributed by atoms with Crippen molar-refractivity contribution in [2.45, 2.75) is 12.8 Å². The van der Waals surface area contributed by atoms with Gasteiger partial charge >= 0.3 is 6.09 Å². The van der Waals surface area contributed by atoms with Gasteiger partial charge in [0.15, 0.2) is 5.92 Å². The maximum Gasteiger partial charge on any atom is 0.409 e. The number of carbonyl (C=O) groups is 1. The molecule has 1 heterocycles. The first-order valence-corrected chi connectivity index (χ1v) is 16.0. The first kappa shape index (κ1) is 36.5. The van der Waals surface area contributed by atoms with Crippen molar-refractivity contribution in [3.8, 4) is 30.3 Å². The molecule has 0 spiro atoms. The summed E-state index contributed by atoms with van der Waals surface area (Å²) in [5.41, 5.74) is 4.94. The lowest BCUT2D eigenvalue weighted by Crippen LogP contribution is -2.48. The van der Waals surface area contributed by atoms with Crippen molar-refractivity contribution in [3.05, 3.63) is 153 Å². The van der Waals surface area contributed by atoms with Crippen LogP contribution < -0.4 is 0 Å². The molecule has 0 N–H and O–H groups in total. The molecule has 0 atom stereocenters. The first-order valence-electron chi connectivity index (χ1n) is 16.0. The highest BCUT2D eigenvalue weighted by Gasteiger charge is 2.28. The number of rotatable bonds is 9. The molecule has 0 saturated carbocycles. The summed E-state index contributed by atoms with van der Waals surface area (Å²) in [5, 5.41) is 49.2. The van der Waals surface area contributed by atoms with Crippen molar-refractivity contribution < 1.29 is 9.53 Å². The standard InChI is InChI=1S/C41H32N8O2/c1-47-37(29-46)39(31-13-7-4-8-14-31)35(26-43)18-10-16-33-20-19-32(40(33)48-21-23-49(24-22-48)41(50)51-2)15-9-17-34(25-42)38(36(27-44)28-45)30-11-5-3-6-12-30/h3-18,36H,19-24H2,2H3. The maximum absolute atomic E-state index is 12.2. The number of amides is 1. The van der Waals surface area contributed by atoms with Gasteiger partial charge in [0.1, 0.15) is 0 Å². The molecule has 0 unspecified atom stereocenters. The zero-order valence-corrected chi connectivity index (χ0v) is 28.0. The minimum Gasteiger partial charge on any atom is -0.453 e. The Balaban J connectivity index is 1.77. The van der Waals surface area contributed by atoms with Crippen LogP contribution in [0, 0.1) is 69.1 Å². The number of nitrogens with zero attached hydrogens (tertiary/aromatic N) is 8. The summed E-state index contributed by atoms with van der Waals surface area (Å²) in [6.45, 7) is 9.53. The molecule has 1 aliphatic heterocycles. The Morgan fingerprint density at radius 3 is 2.06 bits per heavy atom. The third-order valence-corrected chi connectivity index (χ3v) is 8.37. The van der Waals surface area contributed by atoms with Gasteiger partial charge in [-0.05, 0) is 47.3 Å². The number of piperazine rings is 1. The molecule has 2 aliphatic rings. The molecule has 1 fully saturated rings. The van der Waals surface area contributed by atoms with E-state index in [2.05, 4.69) is 21.9 Å². The SMILES string of the molecule is [C-]#[N+]C(C#N)=C(C(C#N)=CC=CC1=C(N2CCN(C(=O)OC)CC2)C(=CC=CC(C#N)=C(c2ccccc2)C(C#N)C#N)CC1)c1ccccc1. The Morgan fingerprint density at radius 2 is 1.51 bits per heavy atom. The van der Waals surface area contributed by atoms with E-state index in [0.717, 1.165) is 16.8 Å². The van der Waals surface area contributed by atoms with Crippen molar-refractivity contribution in [2.75, 3.05) is 33.3 Å². The second-order valence-corrected chi connectivity index (χ2v) is 11.2. The predicted octanol–water partition coefficient (Wildman–Crippen LogP) is 7.40. The van der Waals surface area contributed by atoms with E-state index in [0.29, 0.717) is 55.7 Å². The van der Waals surface area contributed by atoms with Gasteiger partial charge in [0.05, 0.1) is 55.2 Å². The molecule has 10 heteroatoms. The Morgan fingerprint density at radius 1 is 0.863 bits per heavy atom. The summed E-state index contributed by atoms with van der Waals surface area (Å²) in [4.78, 5) is 19.4. The van der Waals surface area contributed by atoms with Crippen LogP contribution in [0.4, 0.5) is 4.79 Å². The van der Waals surface area contributed by atoms with E-state index in [1.54, 1.807) is 77.7 Å². The number of nitriles is 5. The second kappa shape index (κ2) is 18.2. The van der Waals surface area contributed by atoms with Crippen LogP contribution in [0.1, 0.15) is 24.0 Å². The number of ether oxygens (including phenoxy) is 1. The highest BCUT2D eigenvalue weighted by molar-refractivity contribution is 5.88. The number of carbonyl (C=O) groups excluding carboxylic acids is 1. The van der Waals surface area contributed by atoms with Crippen molar-refractivity contribution in [1.29, 1.82) is 26.3 Å². The Hall–Kier alpha value is -7.37. The fourth-order valence-electron chi connectivity index (χ4n) is 5.98. The van der Waals surface area contributed by atoms with Crippen molar-refractivity contribution >= 4 is 17.2 Å². The topological polar surface area (TPSA) is 156 Å². The zero-order valence-electron chi connectivity index (χ0n) is 28.0. The van der Waals surface area contributed by atoms with Crippen LogP contribution >= 0.6 is 0 Å². The molecular weight excluding hydrogens is 637 g/mol. The average molecular weight is 669 g/mol. The van der Waals surface area contributed by atoms with Crippen LogP contribution in [0.25, 0.3) is 16.0 Å². The highest BCUT2D eigenvalue weighted by atomic mass is 16.5. The van der Waals surface area contributed by atoms with E-state index in [9.17, 15) is 31.1 Å². The van der Waals surface area contributed by atoms with E-state index >= 15 is 0 Å². The van der Waals surface area contributed by atoms with E-state index in [1.165, 1.54) is 7.11 Å². The van der Waals surface area contributed by atoms with Gasteiger partial charge in [-0.25, -0.2) is 14.9 Å². The number of benzene rings is 2. The van der Waals surface area contributed by atoms with Crippen LogP contribution in [0.3, 0.4) is 0 Å². The van der Waals surface area contributed by atoms with E-state index < -0.39 is 5.92 Å². The lowest BCUT2D eigenvalue weighted by molar-refractivity contribution is 0.100. The Kier molecular flexibility index (Phi) is 13.0. The summed E-state index contributed by atoms with van der Waals surface area (Å²) in [6, 6.07) is 28.0. The van der Waals surface area contributed by atoms with Gasteiger partial charge in [0, 0.05) is 43.0 Å². The molecule has 2 aromatic carbocycles. The smallest absolute Gasteiger partial charge is 0.409 e. The fourth-order valence-corrected chi connectivity index (χ4v) is 5.98. The van der Waals surface area contributed by atoms with Crippen molar-refractivity contribution in [1.82, 2.24) is 9.80 Å². The molecule has 0 radical (unpaired) electrons. The maximum atomic E-state index is 12.2. The minimum atomic E-state index is -1.13. The van der Waals surface area contributed by atoms with Gasteiger partial charge in [-0.15, -0.1) is 0 Å². The van der Waals surface area contributed by atoms with Gasteiger partial charge in [-0.3, -0.25) is 0 Å². The Bertz CT molecular complexity index is 2090. The average Bonchev–Trinajstić information content (AvgIpc) is 3.59. The lowest BCUT2D eigenvalue weighted by atomic mass is 9.90. The molecular formula is C41H32N8O2. The van der Waals surface area contributed by atoms with E-state index in [-0.39, 0.29) is 28.5 Å². The summed E-state index contributed by atoms with van der Waals surface area (Å²) in [5.74, 6) is -1.13. The van der Waals surface area contributed by atoms with Crippen LogP contribution in [0.2, 0.25) is 0 Å². The number of methoxy groups -OCH3 is 1. The quantitative estimate of drug-likeness (QED) is 0.152. The molecule has 248 valence electrons.